The number of benzene rings is 3. The molecule has 0 spiro atoms. The van der Waals surface area contributed by atoms with Gasteiger partial charge in [0, 0.05) is 46.4 Å². The molecule has 4 aliphatic rings. The van der Waals surface area contributed by atoms with Crippen LogP contribution in [0, 0.1) is 46.3 Å². The van der Waals surface area contributed by atoms with E-state index in [4.69, 9.17) is 35.5 Å². The number of hydrogen-bond donors (Lipinski definition) is 0. The fourth-order valence-corrected chi connectivity index (χ4v) is 13.1. The standard InChI is InChI=1S/C49H65N9O4/c1-35(14-13-28-62-49(36-15-7-4-8-16-36,37-17-9-5-10-18-37)38-19-11-6-12-20-38)41-21-22-42-46-43(34-45(48(41,42)3)61-31-27-55-58-52)47(2)24-23-40(59-29-25-53-56-50)32-39(47)33-44(46)60-30-26-54-57-51/h4-12,15-20,35,39-46H,13-14,21-34H2,1-3H3/t35-,39+,40+,41-,42+,43+,44-,45+,46+,47+,48-/m1/s1. The Bertz CT molecular complexity index is 1930. The van der Waals surface area contributed by atoms with Crippen molar-refractivity contribution in [3.63, 3.8) is 0 Å². The van der Waals surface area contributed by atoms with Crippen LogP contribution < -0.4 is 0 Å². The van der Waals surface area contributed by atoms with E-state index in [2.05, 4.69) is 142 Å². The maximum atomic E-state index is 9.14. The van der Waals surface area contributed by atoms with Crippen LogP contribution in [-0.2, 0) is 24.5 Å². The van der Waals surface area contributed by atoms with Crippen molar-refractivity contribution in [3.8, 4) is 0 Å². The van der Waals surface area contributed by atoms with Crippen molar-refractivity contribution in [2.45, 2.75) is 102 Å². The Labute approximate surface area is 367 Å². The second-order valence-electron chi connectivity index (χ2n) is 18.7. The van der Waals surface area contributed by atoms with Gasteiger partial charge in [-0.05, 0) is 132 Å². The van der Waals surface area contributed by atoms with E-state index in [1.54, 1.807) is 0 Å². The molecule has 3 aromatic carbocycles. The van der Waals surface area contributed by atoms with Gasteiger partial charge >= 0.3 is 0 Å². The molecule has 13 nitrogen and oxygen atoms in total. The molecule has 62 heavy (non-hydrogen) atoms. The maximum Gasteiger partial charge on any atom is 0.143 e. The molecule has 0 unspecified atom stereocenters. The third kappa shape index (κ3) is 9.36. The number of nitrogens with zero attached hydrogens (tertiary/aromatic N) is 9. The van der Waals surface area contributed by atoms with Crippen LogP contribution in [-0.4, -0.2) is 64.4 Å². The van der Waals surface area contributed by atoms with Gasteiger partial charge in [0.2, 0.25) is 0 Å². The third-order valence-corrected chi connectivity index (χ3v) is 15.9. The zero-order valence-electron chi connectivity index (χ0n) is 36.8. The molecule has 3 aromatic rings. The van der Waals surface area contributed by atoms with E-state index >= 15 is 0 Å². The minimum absolute atomic E-state index is 0.00738. The summed E-state index contributed by atoms with van der Waals surface area (Å²) in [7, 11) is 0. The van der Waals surface area contributed by atoms with Gasteiger partial charge in [0.25, 0.3) is 0 Å². The van der Waals surface area contributed by atoms with Crippen molar-refractivity contribution in [1.82, 2.24) is 0 Å². The first-order chi connectivity index (χ1) is 30.3. The summed E-state index contributed by atoms with van der Waals surface area (Å²) in [4.78, 5) is 8.93. The molecule has 4 saturated carbocycles. The van der Waals surface area contributed by atoms with Crippen molar-refractivity contribution in [1.29, 1.82) is 0 Å². The topological polar surface area (TPSA) is 183 Å². The maximum absolute atomic E-state index is 9.14. The minimum Gasteiger partial charge on any atom is -0.378 e. The normalized spacial score (nSPS) is 30.6. The third-order valence-electron chi connectivity index (χ3n) is 15.9. The fraction of sp³-hybridized carbons (Fsp3) is 0.633. The number of ether oxygens (including phenoxy) is 4. The molecule has 13 heteroatoms. The Balaban J connectivity index is 1.13. The highest BCUT2D eigenvalue weighted by molar-refractivity contribution is 5.47. The highest BCUT2D eigenvalue weighted by Crippen LogP contribution is 2.69. The summed E-state index contributed by atoms with van der Waals surface area (Å²) < 4.78 is 27.3. The molecule has 7 rings (SSSR count). The van der Waals surface area contributed by atoms with Gasteiger partial charge < -0.3 is 18.9 Å². The van der Waals surface area contributed by atoms with Crippen LogP contribution in [0.3, 0.4) is 0 Å². The number of rotatable bonds is 21. The van der Waals surface area contributed by atoms with E-state index in [0.29, 0.717) is 81.6 Å². The quantitative estimate of drug-likeness (QED) is 0.0340. The van der Waals surface area contributed by atoms with Crippen LogP contribution in [0.5, 0.6) is 0 Å². The number of fused-ring (bicyclic) bond motifs is 5. The van der Waals surface area contributed by atoms with Gasteiger partial charge in [-0.25, -0.2) is 0 Å². The fourth-order valence-electron chi connectivity index (χ4n) is 13.1. The van der Waals surface area contributed by atoms with Crippen molar-refractivity contribution in [2.75, 3.05) is 46.1 Å². The first-order valence-corrected chi connectivity index (χ1v) is 23.0. The first-order valence-electron chi connectivity index (χ1n) is 23.0. The van der Waals surface area contributed by atoms with Crippen LogP contribution >= 0.6 is 0 Å². The van der Waals surface area contributed by atoms with Gasteiger partial charge in [-0.15, -0.1) is 0 Å². The van der Waals surface area contributed by atoms with Gasteiger partial charge in [0.15, 0.2) is 0 Å². The Morgan fingerprint density at radius 1 is 0.661 bits per heavy atom. The second-order valence-corrected chi connectivity index (χ2v) is 18.7. The van der Waals surface area contributed by atoms with Crippen LogP contribution in [0.2, 0.25) is 0 Å². The summed E-state index contributed by atoms with van der Waals surface area (Å²) in [5.74, 6) is 2.34. The zero-order chi connectivity index (χ0) is 43.4. The largest absolute Gasteiger partial charge is 0.378 e. The number of azide groups is 3. The van der Waals surface area contributed by atoms with Crippen LogP contribution in [0.25, 0.3) is 31.3 Å². The Kier molecular flexibility index (Phi) is 15.5. The predicted molar refractivity (Wildman–Crippen MR) is 241 cm³/mol. The van der Waals surface area contributed by atoms with Crippen molar-refractivity contribution >= 4 is 0 Å². The van der Waals surface area contributed by atoms with E-state index in [1.165, 1.54) is 0 Å². The Hall–Kier alpha value is -4.57. The van der Waals surface area contributed by atoms with E-state index in [-0.39, 0.29) is 29.1 Å². The van der Waals surface area contributed by atoms with E-state index < -0.39 is 5.60 Å². The molecule has 4 aliphatic carbocycles. The molecule has 0 aromatic heterocycles. The van der Waals surface area contributed by atoms with E-state index in [1.807, 2.05) is 0 Å². The average molecular weight is 844 g/mol. The summed E-state index contributed by atoms with van der Waals surface area (Å²) in [6.45, 7) is 10.2. The van der Waals surface area contributed by atoms with Crippen molar-refractivity contribution in [3.05, 3.63) is 139 Å². The molecule has 0 saturated heterocycles. The summed E-state index contributed by atoms with van der Waals surface area (Å²) in [6.07, 6.45) is 9.18. The number of hydrogen-bond acceptors (Lipinski definition) is 7. The van der Waals surface area contributed by atoms with Crippen LogP contribution in [0.15, 0.2) is 106 Å². The van der Waals surface area contributed by atoms with Crippen molar-refractivity contribution in [2.24, 2.45) is 61.7 Å². The lowest BCUT2D eigenvalue weighted by Crippen LogP contribution is -2.63. The highest BCUT2D eigenvalue weighted by Gasteiger charge is 2.66. The average Bonchev–Trinajstić information content (AvgIpc) is 3.67. The molecule has 0 radical (unpaired) electrons. The van der Waals surface area contributed by atoms with Gasteiger partial charge in [-0.3, -0.25) is 0 Å². The van der Waals surface area contributed by atoms with Crippen molar-refractivity contribution < 1.29 is 18.9 Å². The zero-order valence-corrected chi connectivity index (χ0v) is 36.8. The summed E-state index contributed by atoms with van der Waals surface area (Å²) >= 11 is 0. The molecule has 330 valence electrons. The molecule has 0 N–H and O–H groups in total. The van der Waals surface area contributed by atoms with Gasteiger partial charge in [-0.2, -0.15) is 0 Å². The molecule has 0 amide bonds. The summed E-state index contributed by atoms with van der Waals surface area (Å²) in [5, 5.41) is 11.4. The van der Waals surface area contributed by atoms with Gasteiger partial charge in [0.05, 0.1) is 38.1 Å². The molecule has 0 heterocycles. The smallest absolute Gasteiger partial charge is 0.143 e. The Morgan fingerprint density at radius 2 is 1.21 bits per heavy atom. The summed E-state index contributed by atoms with van der Waals surface area (Å²) in [5.41, 5.74) is 29.5. The molecule has 11 atom stereocenters. The predicted octanol–water partition coefficient (Wildman–Crippen LogP) is 12.4. The summed E-state index contributed by atoms with van der Waals surface area (Å²) in [6, 6.07) is 31.8. The van der Waals surface area contributed by atoms with E-state index in [0.717, 1.165) is 74.5 Å². The lowest BCUT2D eigenvalue weighted by atomic mass is 9.43. The van der Waals surface area contributed by atoms with Gasteiger partial charge in [-0.1, -0.05) is 127 Å². The minimum atomic E-state index is -0.750. The molecule has 0 aliphatic heterocycles. The molecular weight excluding hydrogens is 779 g/mol. The lowest BCUT2D eigenvalue weighted by molar-refractivity contribution is -0.226. The monoisotopic (exact) mass is 844 g/mol. The van der Waals surface area contributed by atoms with Gasteiger partial charge in [0.1, 0.15) is 5.60 Å². The molecule has 0 bridgehead atoms. The van der Waals surface area contributed by atoms with Crippen LogP contribution in [0.1, 0.15) is 95.2 Å². The highest BCUT2D eigenvalue weighted by atomic mass is 16.5. The molecular formula is C49H65N9O4. The lowest BCUT2D eigenvalue weighted by Gasteiger charge is -2.64. The SMILES string of the molecule is C[C@H](CCCOC(c1ccccc1)(c1ccccc1)c1ccccc1)[C@H]1CC[C@H]2[C@@H]3[C@H](OCCN=[N+]=[N-])C[C@@H]4C[C@@H](OCCN=[N+]=[N-])CC[C@]4(C)[C@H]3C[C@H](OCCN=[N+]=[N-])[C@]12C. The van der Waals surface area contributed by atoms with E-state index in [9.17, 15) is 0 Å². The Morgan fingerprint density at radius 3 is 1.77 bits per heavy atom. The van der Waals surface area contributed by atoms with Crippen LogP contribution in [0.4, 0.5) is 0 Å². The second kappa shape index (κ2) is 21.2. The molecule has 4 fully saturated rings. The first kappa shape index (κ1) is 45.5.